The van der Waals surface area contributed by atoms with Gasteiger partial charge in [-0.2, -0.15) is 13.2 Å². The predicted molar refractivity (Wildman–Crippen MR) is 55.9 cm³/mol. The van der Waals surface area contributed by atoms with Crippen LogP contribution in [-0.4, -0.2) is 6.54 Å². The molecule has 0 aromatic heterocycles. The van der Waals surface area contributed by atoms with E-state index in [0.717, 1.165) is 37.0 Å². The molecule has 0 bridgehead atoms. The molecule has 4 heteroatoms. The summed E-state index contributed by atoms with van der Waals surface area (Å²) in [5.41, 5.74) is 6.15. The fourth-order valence-corrected chi connectivity index (χ4v) is 1.87. The van der Waals surface area contributed by atoms with Crippen LogP contribution < -0.4 is 5.73 Å². The number of rotatable bonds is 3. The Morgan fingerprint density at radius 3 is 2.06 bits per heavy atom. The Bertz CT molecular complexity index is 363. The van der Waals surface area contributed by atoms with E-state index in [2.05, 4.69) is 0 Å². The summed E-state index contributed by atoms with van der Waals surface area (Å²) in [6.45, 7) is 0.619. The van der Waals surface area contributed by atoms with Crippen molar-refractivity contribution in [1.29, 1.82) is 0 Å². The summed E-state index contributed by atoms with van der Waals surface area (Å²) < 4.78 is 36.9. The van der Waals surface area contributed by atoms with Crippen molar-refractivity contribution in [1.82, 2.24) is 0 Å². The Hall–Kier alpha value is -1.03. The van der Waals surface area contributed by atoms with Crippen molar-refractivity contribution >= 4 is 0 Å². The second-order valence-corrected chi connectivity index (χ2v) is 4.58. The first-order valence-corrected chi connectivity index (χ1v) is 5.31. The monoisotopic (exact) mass is 229 g/mol. The predicted octanol–water partition coefficient (Wildman–Crippen LogP) is 2.99. The zero-order chi connectivity index (χ0) is 11.8. The molecule has 1 fully saturated rings. The lowest BCUT2D eigenvalue weighted by Gasteiger charge is -2.13. The Kier molecular flexibility index (Phi) is 2.70. The fourth-order valence-electron chi connectivity index (χ4n) is 1.87. The molecule has 0 aliphatic heterocycles. The minimum absolute atomic E-state index is 0.166. The number of benzene rings is 1. The lowest BCUT2D eigenvalue weighted by atomic mass is 9.96. The van der Waals surface area contributed by atoms with Crippen LogP contribution in [-0.2, 0) is 12.6 Å². The van der Waals surface area contributed by atoms with Gasteiger partial charge in [-0.05, 0) is 48.9 Å². The maximum absolute atomic E-state index is 12.3. The minimum atomic E-state index is -4.25. The number of nitrogens with two attached hydrogens (primary N) is 1. The lowest BCUT2D eigenvalue weighted by Crippen LogP contribution is -2.18. The molecule has 1 aromatic carbocycles. The number of hydrogen-bond donors (Lipinski definition) is 1. The molecule has 1 aromatic rings. The molecule has 1 aliphatic rings. The summed E-state index contributed by atoms with van der Waals surface area (Å²) in [6.07, 6.45) is -1.28. The van der Waals surface area contributed by atoms with Gasteiger partial charge in [0.25, 0.3) is 0 Å². The van der Waals surface area contributed by atoms with E-state index in [0.29, 0.717) is 6.54 Å². The third-order valence-electron chi connectivity index (χ3n) is 3.25. The van der Waals surface area contributed by atoms with Crippen molar-refractivity contribution in [3.63, 3.8) is 0 Å². The molecule has 0 atom stereocenters. The van der Waals surface area contributed by atoms with E-state index in [1.807, 2.05) is 0 Å². The van der Waals surface area contributed by atoms with Crippen molar-refractivity contribution in [2.45, 2.75) is 25.4 Å². The van der Waals surface area contributed by atoms with Gasteiger partial charge in [0.1, 0.15) is 0 Å². The number of halogens is 3. The molecule has 0 heterocycles. The van der Waals surface area contributed by atoms with Crippen LogP contribution in [0.2, 0.25) is 0 Å². The maximum Gasteiger partial charge on any atom is 0.416 e. The molecule has 2 rings (SSSR count). The van der Waals surface area contributed by atoms with Crippen molar-refractivity contribution in [3.05, 3.63) is 35.4 Å². The molecule has 1 aliphatic carbocycles. The normalized spacial score (nSPS) is 18.5. The second-order valence-electron chi connectivity index (χ2n) is 4.58. The van der Waals surface area contributed by atoms with Crippen molar-refractivity contribution in [3.8, 4) is 0 Å². The van der Waals surface area contributed by atoms with Gasteiger partial charge in [0.15, 0.2) is 0 Å². The highest BCUT2D eigenvalue weighted by molar-refractivity contribution is 5.26. The first-order valence-electron chi connectivity index (χ1n) is 5.31. The summed E-state index contributed by atoms with van der Waals surface area (Å²) in [4.78, 5) is 0. The summed E-state index contributed by atoms with van der Waals surface area (Å²) in [5, 5.41) is 0. The lowest BCUT2D eigenvalue weighted by molar-refractivity contribution is -0.137. The van der Waals surface area contributed by atoms with Gasteiger partial charge in [0.05, 0.1) is 5.56 Å². The molecule has 1 nitrogen and oxygen atoms in total. The Balaban J connectivity index is 2.08. The Morgan fingerprint density at radius 2 is 1.69 bits per heavy atom. The topological polar surface area (TPSA) is 26.0 Å². The van der Waals surface area contributed by atoms with Crippen molar-refractivity contribution in [2.24, 2.45) is 11.1 Å². The van der Waals surface area contributed by atoms with Crippen molar-refractivity contribution in [2.75, 3.05) is 6.54 Å². The number of alkyl halides is 3. The highest BCUT2D eigenvalue weighted by atomic mass is 19.4. The third-order valence-corrected chi connectivity index (χ3v) is 3.25. The first-order chi connectivity index (χ1) is 7.45. The summed E-state index contributed by atoms with van der Waals surface area (Å²) in [5.74, 6) is 0. The van der Waals surface area contributed by atoms with Gasteiger partial charge in [0.2, 0.25) is 0 Å². The van der Waals surface area contributed by atoms with Crippen LogP contribution in [0.5, 0.6) is 0 Å². The Morgan fingerprint density at radius 1 is 1.12 bits per heavy atom. The molecular formula is C12H14F3N. The zero-order valence-electron chi connectivity index (χ0n) is 8.85. The zero-order valence-corrected chi connectivity index (χ0v) is 8.85. The quantitative estimate of drug-likeness (QED) is 0.847. The molecule has 0 amide bonds. The summed E-state index contributed by atoms with van der Waals surface area (Å²) >= 11 is 0. The first kappa shape index (κ1) is 11.5. The van der Waals surface area contributed by atoms with Crippen molar-refractivity contribution < 1.29 is 13.2 Å². The molecule has 0 radical (unpaired) electrons. The van der Waals surface area contributed by atoms with Crippen LogP contribution in [0, 0.1) is 5.41 Å². The highest BCUT2D eigenvalue weighted by Gasteiger charge is 2.41. The fraction of sp³-hybridized carbons (Fsp3) is 0.500. The Labute approximate surface area is 92.5 Å². The standard InChI is InChI=1S/C12H14F3N/c13-12(14,15)10-3-1-9(2-4-10)7-11(8-16)5-6-11/h1-4H,5-8,16H2. The average molecular weight is 229 g/mol. The van der Waals surface area contributed by atoms with E-state index < -0.39 is 11.7 Å². The number of hydrogen-bond acceptors (Lipinski definition) is 1. The molecule has 2 N–H and O–H groups in total. The van der Waals surface area contributed by atoms with E-state index in [4.69, 9.17) is 5.73 Å². The van der Waals surface area contributed by atoms with Gasteiger partial charge in [-0.3, -0.25) is 0 Å². The van der Waals surface area contributed by atoms with Crippen LogP contribution in [0.25, 0.3) is 0 Å². The van der Waals surface area contributed by atoms with Gasteiger partial charge >= 0.3 is 6.18 Å². The van der Waals surface area contributed by atoms with E-state index >= 15 is 0 Å². The summed E-state index contributed by atoms with van der Waals surface area (Å²) in [7, 11) is 0. The summed E-state index contributed by atoms with van der Waals surface area (Å²) in [6, 6.07) is 5.39. The van der Waals surface area contributed by atoms with E-state index in [1.165, 1.54) is 0 Å². The smallest absolute Gasteiger partial charge is 0.330 e. The third kappa shape index (κ3) is 2.38. The van der Waals surface area contributed by atoms with Crippen LogP contribution >= 0.6 is 0 Å². The maximum atomic E-state index is 12.3. The van der Waals surface area contributed by atoms with Crippen LogP contribution in [0.4, 0.5) is 13.2 Å². The largest absolute Gasteiger partial charge is 0.416 e. The molecule has 0 spiro atoms. The molecule has 88 valence electrons. The van der Waals surface area contributed by atoms with Crippen LogP contribution in [0.3, 0.4) is 0 Å². The van der Waals surface area contributed by atoms with Gasteiger partial charge in [-0.25, -0.2) is 0 Å². The SMILES string of the molecule is NCC1(Cc2ccc(C(F)(F)F)cc2)CC1. The highest BCUT2D eigenvalue weighted by Crippen LogP contribution is 2.47. The molecule has 16 heavy (non-hydrogen) atoms. The molecule has 0 unspecified atom stereocenters. The molecular weight excluding hydrogens is 215 g/mol. The van der Waals surface area contributed by atoms with E-state index in [9.17, 15) is 13.2 Å². The van der Waals surface area contributed by atoms with Crippen LogP contribution in [0.1, 0.15) is 24.0 Å². The van der Waals surface area contributed by atoms with Gasteiger partial charge < -0.3 is 5.73 Å². The average Bonchev–Trinajstić information content (AvgIpc) is 2.98. The van der Waals surface area contributed by atoms with E-state index in [-0.39, 0.29) is 5.41 Å². The second kappa shape index (κ2) is 3.77. The van der Waals surface area contributed by atoms with Gasteiger partial charge in [0, 0.05) is 0 Å². The minimum Gasteiger partial charge on any atom is -0.330 e. The van der Waals surface area contributed by atoms with Crippen LogP contribution in [0.15, 0.2) is 24.3 Å². The molecule has 0 saturated heterocycles. The van der Waals surface area contributed by atoms with Gasteiger partial charge in [-0.1, -0.05) is 12.1 Å². The molecule has 1 saturated carbocycles. The van der Waals surface area contributed by atoms with E-state index in [1.54, 1.807) is 12.1 Å². The van der Waals surface area contributed by atoms with Gasteiger partial charge in [-0.15, -0.1) is 0 Å².